The Labute approximate surface area is 103 Å². The third-order valence-electron chi connectivity index (χ3n) is 2.65. The lowest BCUT2D eigenvalue weighted by Gasteiger charge is -2.08. The lowest BCUT2D eigenvalue weighted by Crippen LogP contribution is -2.42. The zero-order valence-corrected chi connectivity index (χ0v) is 9.47. The fourth-order valence-electron chi connectivity index (χ4n) is 1.50. The molecule has 0 saturated heterocycles. The standard InChI is InChI=1S/C12H12N2O4/c15-10(7-5-6-7)13-14-11(16)8-3-1-2-4-9(8)12(17)18/h1-4,7H,5-6H2,(H,13,15)(H,14,16)(H,17,18). The number of carbonyl (C=O) groups excluding carboxylic acids is 2. The van der Waals surface area contributed by atoms with Crippen molar-refractivity contribution >= 4 is 17.8 Å². The SMILES string of the molecule is O=C(O)c1ccccc1C(=O)NNC(=O)C1CC1. The number of carboxylic acids is 1. The van der Waals surface area contributed by atoms with Gasteiger partial charge in [-0.15, -0.1) is 0 Å². The van der Waals surface area contributed by atoms with E-state index in [4.69, 9.17) is 5.11 Å². The van der Waals surface area contributed by atoms with Gasteiger partial charge in [0, 0.05) is 5.92 Å². The van der Waals surface area contributed by atoms with Crippen molar-refractivity contribution in [2.45, 2.75) is 12.8 Å². The molecule has 1 aliphatic rings. The average molecular weight is 248 g/mol. The third kappa shape index (κ3) is 2.65. The predicted octanol–water partition coefficient (Wildman–Crippen LogP) is 0.556. The minimum atomic E-state index is -1.19. The van der Waals surface area contributed by atoms with Gasteiger partial charge in [-0.05, 0) is 25.0 Å². The Morgan fingerprint density at radius 3 is 2.22 bits per heavy atom. The van der Waals surface area contributed by atoms with E-state index in [9.17, 15) is 14.4 Å². The van der Waals surface area contributed by atoms with Crippen molar-refractivity contribution < 1.29 is 19.5 Å². The van der Waals surface area contributed by atoms with E-state index in [1.807, 2.05) is 0 Å². The van der Waals surface area contributed by atoms with Crippen LogP contribution in [0.3, 0.4) is 0 Å². The molecule has 0 spiro atoms. The topological polar surface area (TPSA) is 95.5 Å². The fourth-order valence-corrected chi connectivity index (χ4v) is 1.50. The number of amides is 2. The molecule has 1 aromatic carbocycles. The summed E-state index contributed by atoms with van der Waals surface area (Å²) in [5.74, 6) is -2.09. The van der Waals surface area contributed by atoms with Crippen molar-refractivity contribution in [1.29, 1.82) is 0 Å². The maximum atomic E-state index is 11.7. The molecule has 1 fully saturated rings. The van der Waals surface area contributed by atoms with Crippen LogP contribution >= 0.6 is 0 Å². The Kier molecular flexibility index (Phi) is 3.27. The van der Waals surface area contributed by atoms with E-state index >= 15 is 0 Å². The van der Waals surface area contributed by atoms with E-state index in [0.29, 0.717) is 0 Å². The monoisotopic (exact) mass is 248 g/mol. The number of benzene rings is 1. The molecule has 6 heteroatoms. The molecule has 0 unspecified atom stereocenters. The van der Waals surface area contributed by atoms with E-state index in [0.717, 1.165) is 12.8 Å². The summed E-state index contributed by atoms with van der Waals surface area (Å²) in [5, 5.41) is 8.92. The van der Waals surface area contributed by atoms with Crippen molar-refractivity contribution in [1.82, 2.24) is 10.9 Å². The van der Waals surface area contributed by atoms with Crippen LogP contribution in [-0.4, -0.2) is 22.9 Å². The van der Waals surface area contributed by atoms with E-state index in [-0.39, 0.29) is 23.0 Å². The van der Waals surface area contributed by atoms with E-state index in [1.165, 1.54) is 18.2 Å². The number of aromatic carboxylic acids is 1. The van der Waals surface area contributed by atoms with Gasteiger partial charge in [0.1, 0.15) is 0 Å². The molecule has 0 aliphatic heterocycles. The molecule has 0 atom stereocenters. The van der Waals surface area contributed by atoms with Crippen LogP contribution in [0.25, 0.3) is 0 Å². The Hall–Kier alpha value is -2.37. The molecule has 3 N–H and O–H groups in total. The summed E-state index contributed by atoms with van der Waals surface area (Å²) in [7, 11) is 0. The highest BCUT2D eigenvalue weighted by Gasteiger charge is 2.30. The van der Waals surface area contributed by atoms with Crippen LogP contribution in [-0.2, 0) is 4.79 Å². The fraction of sp³-hybridized carbons (Fsp3) is 0.250. The molecule has 0 aromatic heterocycles. The number of rotatable bonds is 3. The lowest BCUT2D eigenvalue weighted by molar-refractivity contribution is -0.123. The Bertz CT molecular complexity index is 509. The first-order chi connectivity index (χ1) is 8.59. The molecule has 0 heterocycles. The van der Waals surface area contributed by atoms with Gasteiger partial charge in [0.25, 0.3) is 5.91 Å². The molecule has 18 heavy (non-hydrogen) atoms. The summed E-state index contributed by atoms with van der Waals surface area (Å²) in [6.07, 6.45) is 1.65. The first-order valence-corrected chi connectivity index (χ1v) is 5.52. The van der Waals surface area contributed by atoms with Crippen LogP contribution in [0, 0.1) is 5.92 Å². The molecule has 94 valence electrons. The van der Waals surface area contributed by atoms with Crippen LogP contribution in [0.2, 0.25) is 0 Å². The number of nitrogens with one attached hydrogen (secondary N) is 2. The summed E-state index contributed by atoms with van der Waals surface area (Å²) in [6, 6.07) is 5.81. The summed E-state index contributed by atoms with van der Waals surface area (Å²) < 4.78 is 0. The second-order valence-electron chi connectivity index (χ2n) is 4.07. The van der Waals surface area contributed by atoms with Crippen LogP contribution in [0.1, 0.15) is 33.6 Å². The molecule has 6 nitrogen and oxygen atoms in total. The maximum Gasteiger partial charge on any atom is 0.336 e. The first kappa shape index (κ1) is 12.1. The molecule has 1 aromatic rings. The third-order valence-corrected chi connectivity index (χ3v) is 2.65. The maximum absolute atomic E-state index is 11.7. The molecular weight excluding hydrogens is 236 g/mol. The molecule has 1 aliphatic carbocycles. The van der Waals surface area contributed by atoms with Gasteiger partial charge in [-0.3, -0.25) is 20.4 Å². The van der Waals surface area contributed by atoms with E-state index in [2.05, 4.69) is 10.9 Å². The predicted molar refractivity (Wildman–Crippen MR) is 61.7 cm³/mol. The Balaban J connectivity index is 2.03. The highest BCUT2D eigenvalue weighted by atomic mass is 16.4. The zero-order chi connectivity index (χ0) is 13.1. The normalized spacial score (nSPS) is 13.8. The van der Waals surface area contributed by atoms with Crippen molar-refractivity contribution in [3.05, 3.63) is 35.4 Å². The molecule has 2 rings (SSSR count). The zero-order valence-electron chi connectivity index (χ0n) is 9.47. The van der Waals surface area contributed by atoms with Gasteiger partial charge in [0.05, 0.1) is 11.1 Å². The van der Waals surface area contributed by atoms with Gasteiger partial charge in [-0.25, -0.2) is 4.79 Å². The van der Waals surface area contributed by atoms with Crippen LogP contribution in [0.4, 0.5) is 0 Å². The molecule has 0 radical (unpaired) electrons. The second-order valence-corrected chi connectivity index (χ2v) is 4.07. The van der Waals surface area contributed by atoms with Crippen molar-refractivity contribution in [2.75, 3.05) is 0 Å². The molecule has 0 bridgehead atoms. The van der Waals surface area contributed by atoms with Crippen molar-refractivity contribution in [2.24, 2.45) is 5.92 Å². The minimum Gasteiger partial charge on any atom is -0.478 e. The lowest BCUT2D eigenvalue weighted by atomic mass is 10.1. The second kappa shape index (κ2) is 4.87. The van der Waals surface area contributed by atoms with Crippen molar-refractivity contribution in [3.8, 4) is 0 Å². The highest BCUT2D eigenvalue weighted by molar-refractivity contribution is 6.05. The first-order valence-electron chi connectivity index (χ1n) is 5.52. The largest absolute Gasteiger partial charge is 0.478 e. The van der Waals surface area contributed by atoms with Crippen LogP contribution in [0.5, 0.6) is 0 Å². The van der Waals surface area contributed by atoms with Crippen LogP contribution < -0.4 is 10.9 Å². The van der Waals surface area contributed by atoms with Crippen molar-refractivity contribution in [3.63, 3.8) is 0 Å². The molecular formula is C12H12N2O4. The van der Waals surface area contributed by atoms with E-state index in [1.54, 1.807) is 6.07 Å². The summed E-state index contributed by atoms with van der Waals surface area (Å²) in [6.45, 7) is 0. The number of hydrogen-bond acceptors (Lipinski definition) is 3. The van der Waals surface area contributed by atoms with Gasteiger partial charge in [0.15, 0.2) is 0 Å². The van der Waals surface area contributed by atoms with Gasteiger partial charge in [0.2, 0.25) is 5.91 Å². The average Bonchev–Trinajstić information content (AvgIpc) is 3.19. The summed E-state index contributed by atoms with van der Waals surface area (Å²) in [4.78, 5) is 34.0. The summed E-state index contributed by atoms with van der Waals surface area (Å²) >= 11 is 0. The van der Waals surface area contributed by atoms with Gasteiger partial charge in [-0.1, -0.05) is 12.1 Å². The number of carboxylic acid groups (broad SMARTS) is 1. The molecule has 1 saturated carbocycles. The minimum absolute atomic E-state index is 0.0149. The van der Waals surface area contributed by atoms with Crippen LogP contribution in [0.15, 0.2) is 24.3 Å². The van der Waals surface area contributed by atoms with Gasteiger partial charge in [-0.2, -0.15) is 0 Å². The number of hydrogen-bond donors (Lipinski definition) is 3. The summed E-state index contributed by atoms with van der Waals surface area (Å²) in [5.41, 5.74) is 4.40. The highest BCUT2D eigenvalue weighted by Crippen LogP contribution is 2.28. The Morgan fingerprint density at radius 2 is 1.67 bits per heavy atom. The Morgan fingerprint density at radius 1 is 1.06 bits per heavy atom. The number of carbonyl (C=O) groups is 3. The van der Waals surface area contributed by atoms with Gasteiger partial charge < -0.3 is 5.11 Å². The smallest absolute Gasteiger partial charge is 0.336 e. The number of hydrazine groups is 1. The van der Waals surface area contributed by atoms with E-state index < -0.39 is 11.9 Å². The molecule has 2 amide bonds. The van der Waals surface area contributed by atoms with Gasteiger partial charge >= 0.3 is 5.97 Å². The quantitative estimate of drug-likeness (QED) is 0.681.